The van der Waals surface area contributed by atoms with Crippen LogP contribution in [0.3, 0.4) is 0 Å². The third-order valence-electron chi connectivity index (χ3n) is 4.72. The van der Waals surface area contributed by atoms with Gasteiger partial charge in [-0.25, -0.2) is 0 Å². The van der Waals surface area contributed by atoms with E-state index in [1.54, 1.807) is 11.8 Å². The summed E-state index contributed by atoms with van der Waals surface area (Å²) in [5.41, 5.74) is 0. The minimum absolute atomic E-state index is 0.00411. The van der Waals surface area contributed by atoms with E-state index in [-0.39, 0.29) is 23.7 Å². The molecule has 21 heavy (non-hydrogen) atoms. The summed E-state index contributed by atoms with van der Waals surface area (Å²) in [7, 11) is 0. The Labute approximate surface area is 124 Å². The Morgan fingerprint density at radius 3 is 2.43 bits per heavy atom. The lowest BCUT2D eigenvalue weighted by Gasteiger charge is -2.41. The van der Waals surface area contributed by atoms with Crippen LogP contribution in [0.5, 0.6) is 0 Å². The van der Waals surface area contributed by atoms with Crippen molar-refractivity contribution in [1.29, 1.82) is 0 Å². The molecule has 2 rings (SSSR count). The highest BCUT2D eigenvalue weighted by Gasteiger charge is 2.36. The minimum Gasteiger partial charge on any atom is -0.481 e. The van der Waals surface area contributed by atoms with Crippen LogP contribution in [0.2, 0.25) is 0 Å². The molecule has 2 N–H and O–H groups in total. The fourth-order valence-corrected chi connectivity index (χ4v) is 3.02. The van der Waals surface area contributed by atoms with Crippen molar-refractivity contribution < 1.29 is 19.5 Å². The molecular weight excluding hydrogens is 272 g/mol. The molecule has 0 bridgehead atoms. The SMILES string of the molecule is CC(C(=O)O)C1CN(C(=O)CCNC(=O)C2CCCC2)C1. The fourth-order valence-electron chi connectivity index (χ4n) is 3.02. The molecule has 1 atom stereocenters. The normalized spacial score (nSPS) is 20.9. The summed E-state index contributed by atoms with van der Waals surface area (Å²) >= 11 is 0. The van der Waals surface area contributed by atoms with E-state index in [1.165, 1.54) is 0 Å². The van der Waals surface area contributed by atoms with E-state index in [1.807, 2.05) is 0 Å². The average molecular weight is 296 g/mol. The topological polar surface area (TPSA) is 86.7 Å². The van der Waals surface area contributed by atoms with Crippen molar-refractivity contribution in [3.05, 3.63) is 0 Å². The molecule has 118 valence electrons. The van der Waals surface area contributed by atoms with Gasteiger partial charge < -0.3 is 15.3 Å². The van der Waals surface area contributed by atoms with Crippen LogP contribution >= 0.6 is 0 Å². The molecule has 1 saturated carbocycles. The maximum Gasteiger partial charge on any atom is 0.306 e. The van der Waals surface area contributed by atoms with Gasteiger partial charge in [-0.1, -0.05) is 19.8 Å². The molecule has 1 unspecified atom stereocenters. The monoisotopic (exact) mass is 296 g/mol. The number of carboxylic acids is 1. The largest absolute Gasteiger partial charge is 0.481 e. The summed E-state index contributed by atoms with van der Waals surface area (Å²) in [6.07, 6.45) is 4.45. The number of carboxylic acid groups (broad SMARTS) is 1. The van der Waals surface area contributed by atoms with Crippen LogP contribution in [0.25, 0.3) is 0 Å². The summed E-state index contributed by atoms with van der Waals surface area (Å²) < 4.78 is 0. The molecule has 1 aliphatic heterocycles. The zero-order chi connectivity index (χ0) is 15.4. The number of carbonyl (C=O) groups is 3. The van der Waals surface area contributed by atoms with Gasteiger partial charge in [-0.05, 0) is 12.8 Å². The first-order valence-corrected chi connectivity index (χ1v) is 7.77. The van der Waals surface area contributed by atoms with E-state index in [0.29, 0.717) is 26.1 Å². The van der Waals surface area contributed by atoms with Crippen molar-refractivity contribution in [2.24, 2.45) is 17.8 Å². The molecule has 0 radical (unpaired) electrons. The second-order valence-corrected chi connectivity index (χ2v) is 6.21. The first-order valence-electron chi connectivity index (χ1n) is 7.77. The summed E-state index contributed by atoms with van der Waals surface area (Å²) in [4.78, 5) is 36.2. The predicted molar refractivity (Wildman–Crippen MR) is 76.5 cm³/mol. The summed E-state index contributed by atoms with van der Waals surface area (Å²) in [6, 6.07) is 0. The van der Waals surface area contributed by atoms with Crippen LogP contribution in [-0.4, -0.2) is 47.4 Å². The molecule has 0 aromatic carbocycles. The Morgan fingerprint density at radius 1 is 1.24 bits per heavy atom. The van der Waals surface area contributed by atoms with E-state index in [2.05, 4.69) is 5.32 Å². The lowest BCUT2D eigenvalue weighted by Crippen LogP contribution is -2.53. The minimum atomic E-state index is -0.809. The van der Waals surface area contributed by atoms with Crippen molar-refractivity contribution in [3.8, 4) is 0 Å². The van der Waals surface area contributed by atoms with Crippen LogP contribution in [0.1, 0.15) is 39.0 Å². The van der Waals surface area contributed by atoms with Gasteiger partial charge in [-0.15, -0.1) is 0 Å². The highest BCUT2D eigenvalue weighted by molar-refractivity contribution is 5.81. The van der Waals surface area contributed by atoms with Gasteiger partial charge in [0.2, 0.25) is 11.8 Å². The van der Waals surface area contributed by atoms with Crippen molar-refractivity contribution >= 4 is 17.8 Å². The highest BCUT2D eigenvalue weighted by atomic mass is 16.4. The van der Waals surface area contributed by atoms with E-state index in [9.17, 15) is 14.4 Å². The quantitative estimate of drug-likeness (QED) is 0.761. The first-order chi connectivity index (χ1) is 9.99. The second kappa shape index (κ2) is 6.91. The maximum atomic E-state index is 11.9. The number of amides is 2. The number of aliphatic carboxylic acids is 1. The molecule has 1 aliphatic carbocycles. The Hall–Kier alpha value is -1.59. The second-order valence-electron chi connectivity index (χ2n) is 6.21. The molecule has 6 nitrogen and oxygen atoms in total. The summed E-state index contributed by atoms with van der Waals surface area (Å²) in [5, 5.41) is 11.7. The number of carbonyl (C=O) groups excluding carboxylic acids is 2. The van der Waals surface area contributed by atoms with E-state index >= 15 is 0 Å². The Balaban J connectivity index is 1.60. The number of nitrogens with zero attached hydrogens (tertiary/aromatic N) is 1. The molecular formula is C15H24N2O4. The van der Waals surface area contributed by atoms with Crippen LogP contribution < -0.4 is 5.32 Å². The molecule has 0 aromatic rings. The van der Waals surface area contributed by atoms with Crippen LogP contribution in [0.15, 0.2) is 0 Å². The lowest BCUT2D eigenvalue weighted by molar-refractivity contribution is -0.150. The number of rotatable bonds is 6. The molecule has 2 fully saturated rings. The summed E-state index contributed by atoms with van der Waals surface area (Å²) in [5.74, 6) is -0.965. The van der Waals surface area contributed by atoms with Crippen molar-refractivity contribution in [1.82, 2.24) is 10.2 Å². The standard InChI is InChI=1S/C15H24N2O4/c1-10(15(20)21)12-8-17(9-12)13(18)6-7-16-14(19)11-4-2-3-5-11/h10-12H,2-9H2,1H3,(H,16,19)(H,20,21). The van der Waals surface area contributed by atoms with Crippen LogP contribution in [0, 0.1) is 17.8 Å². The zero-order valence-electron chi connectivity index (χ0n) is 12.5. The number of likely N-dealkylation sites (tertiary alicyclic amines) is 1. The Morgan fingerprint density at radius 2 is 1.86 bits per heavy atom. The third-order valence-corrected chi connectivity index (χ3v) is 4.72. The van der Waals surface area contributed by atoms with Gasteiger partial charge in [0.15, 0.2) is 0 Å². The van der Waals surface area contributed by atoms with Gasteiger partial charge in [0.25, 0.3) is 0 Å². The maximum absolute atomic E-state index is 11.9. The predicted octanol–water partition coefficient (Wildman–Crippen LogP) is 0.862. The number of hydrogen-bond acceptors (Lipinski definition) is 3. The Bertz CT molecular complexity index is 412. The smallest absolute Gasteiger partial charge is 0.306 e. The van der Waals surface area contributed by atoms with Gasteiger partial charge in [0.1, 0.15) is 0 Å². The zero-order valence-corrected chi connectivity index (χ0v) is 12.5. The van der Waals surface area contributed by atoms with Gasteiger partial charge >= 0.3 is 5.97 Å². The number of hydrogen-bond donors (Lipinski definition) is 2. The van der Waals surface area contributed by atoms with Crippen molar-refractivity contribution in [2.45, 2.75) is 39.0 Å². The average Bonchev–Trinajstić information content (AvgIpc) is 2.90. The van der Waals surface area contributed by atoms with Crippen LogP contribution in [-0.2, 0) is 14.4 Å². The van der Waals surface area contributed by atoms with Crippen LogP contribution in [0.4, 0.5) is 0 Å². The molecule has 1 saturated heterocycles. The molecule has 2 amide bonds. The summed E-state index contributed by atoms with van der Waals surface area (Å²) in [6.45, 7) is 3.09. The fraction of sp³-hybridized carbons (Fsp3) is 0.800. The van der Waals surface area contributed by atoms with Gasteiger partial charge in [-0.2, -0.15) is 0 Å². The molecule has 0 spiro atoms. The first kappa shape index (κ1) is 15.8. The van der Waals surface area contributed by atoms with Crippen molar-refractivity contribution in [2.75, 3.05) is 19.6 Å². The van der Waals surface area contributed by atoms with Gasteiger partial charge in [0.05, 0.1) is 5.92 Å². The molecule has 0 aromatic heterocycles. The highest BCUT2D eigenvalue weighted by Crippen LogP contribution is 2.25. The van der Waals surface area contributed by atoms with E-state index in [4.69, 9.17) is 5.11 Å². The van der Waals surface area contributed by atoms with Gasteiger partial charge in [-0.3, -0.25) is 14.4 Å². The molecule has 1 heterocycles. The Kier molecular flexibility index (Phi) is 5.20. The van der Waals surface area contributed by atoms with E-state index in [0.717, 1.165) is 25.7 Å². The lowest BCUT2D eigenvalue weighted by atomic mass is 9.87. The van der Waals surface area contributed by atoms with E-state index < -0.39 is 11.9 Å². The molecule has 2 aliphatic rings. The third kappa shape index (κ3) is 3.95. The molecule has 6 heteroatoms. The van der Waals surface area contributed by atoms with Crippen molar-refractivity contribution in [3.63, 3.8) is 0 Å². The number of nitrogens with one attached hydrogen (secondary N) is 1. The van der Waals surface area contributed by atoms with Gasteiger partial charge in [0, 0.05) is 37.9 Å².